The molecule has 0 aliphatic heterocycles. The van der Waals surface area contributed by atoms with Crippen LogP contribution in [0.25, 0.3) is 10.9 Å². The van der Waals surface area contributed by atoms with Crippen molar-refractivity contribution in [1.82, 2.24) is 14.5 Å². The van der Waals surface area contributed by atoms with Gasteiger partial charge in [-0.3, -0.25) is 4.79 Å². The van der Waals surface area contributed by atoms with E-state index >= 15 is 0 Å². The minimum absolute atomic E-state index is 0.270. The van der Waals surface area contributed by atoms with Crippen LogP contribution in [-0.4, -0.2) is 20.4 Å². The molecular formula is C19H17N5O. The topological polar surface area (TPSA) is 83.6 Å². The van der Waals surface area contributed by atoms with Crippen molar-refractivity contribution < 1.29 is 4.79 Å². The first kappa shape index (κ1) is 15.3. The third-order valence-corrected chi connectivity index (χ3v) is 4.75. The number of amides is 1. The Balaban J connectivity index is 1.68. The quantitative estimate of drug-likeness (QED) is 0.793. The van der Waals surface area contributed by atoms with E-state index in [9.17, 15) is 10.1 Å². The third-order valence-electron chi connectivity index (χ3n) is 4.75. The predicted molar refractivity (Wildman–Crippen MR) is 94.1 cm³/mol. The summed E-state index contributed by atoms with van der Waals surface area (Å²) in [5, 5.41) is 13.2. The van der Waals surface area contributed by atoms with Crippen molar-refractivity contribution in [1.29, 1.82) is 5.26 Å². The molecule has 0 atom stereocenters. The summed E-state index contributed by atoms with van der Waals surface area (Å²) in [6, 6.07) is 8.45. The lowest BCUT2D eigenvalue weighted by molar-refractivity contribution is 0.102. The summed E-state index contributed by atoms with van der Waals surface area (Å²) >= 11 is 0. The van der Waals surface area contributed by atoms with Gasteiger partial charge in [0.05, 0.1) is 11.1 Å². The van der Waals surface area contributed by atoms with Gasteiger partial charge in [-0.05, 0) is 31.0 Å². The summed E-state index contributed by atoms with van der Waals surface area (Å²) in [6.45, 7) is 0. The second-order valence-corrected chi connectivity index (χ2v) is 6.31. The van der Waals surface area contributed by atoms with Gasteiger partial charge in [-0.2, -0.15) is 5.26 Å². The highest BCUT2D eigenvalue weighted by atomic mass is 16.1. The molecular weight excluding hydrogens is 314 g/mol. The molecule has 3 aromatic rings. The Morgan fingerprint density at radius 3 is 2.72 bits per heavy atom. The molecule has 0 saturated heterocycles. The lowest BCUT2D eigenvalue weighted by Gasteiger charge is -2.13. The van der Waals surface area contributed by atoms with Crippen LogP contribution < -0.4 is 5.32 Å². The predicted octanol–water partition coefficient (Wildman–Crippen LogP) is 3.67. The van der Waals surface area contributed by atoms with Crippen LogP contribution in [0.3, 0.4) is 0 Å². The SMILES string of the molecule is N#Cc1cn(C2CCCC2)c2ccc(NC(=O)c3cncnc3)cc12. The Labute approximate surface area is 145 Å². The Bertz CT molecular complexity index is 965. The molecule has 2 heterocycles. The van der Waals surface area contributed by atoms with Gasteiger partial charge < -0.3 is 9.88 Å². The maximum Gasteiger partial charge on any atom is 0.258 e. The Hall–Kier alpha value is -3.20. The molecule has 0 radical (unpaired) electrons. The van der Waals surface area contributed by atoms with Crippen LogP contribution >= 0.6 is 0 Å². The maximum absolute atomic E-state index is 12.3. The van der Waals surface area contributed by atoms with E-state index in [-0.39, 0.29) is 5.91 Å². The highest BCUT2D eigenvalue weighted by Crippen LogP contribution is 2.35. The summed E-state index contributed by atoms with van der Waals surface area (Å²) in [5.74, 6) is -0.270. The molecule has 25 heavy (non-hydrogen) atoms. The summed E-state index contributed by atoms with van der Waals surface area (Å²) in [7, 11) is 0. The number of rotatable bonds is 3. The van der Waals surface area contributed by atoms with Crippen molar-refractivity contribution in [2.45, 2.75) is 31.7 Å². The van der Waals surface area contributed by atoms with E-state index in [0.29, 0.717) is 22.9 Å². The number of nitrogens with one attached hydrogen (secondary N) is 1. The second kappa shape index (κ2) is 6.36. The van der Waals surface area contributed by atoms with Gasteiger partial charge in [-0.15, -0.1) is 0 Å². The molecule has 1 fully saturated rings. The number of fused-ring (bicyclic) bond motifs is 1. The maximum atomic E-state index is 12.3. The first-order valence-electron chi connectivity index (χ1n) is 8.37. The normalized spacial score (nSPS) is 14.5. The number of benzene rings is 1. The molecule has 1 amide bonds. The molecule has 6 nitrogen and oxygen atoms in total. The fraction of sp³-hybridized carbons (Fsp3) is 0.263. The Kier molecular flexibility index (Phi) is 3.90. The van der Waals surface area contributed by atoms with Gasteiger partial charge in [0.25, 0.3) is 5.91 Å². The molecule has 2 aromatic heterocycles. The van der Waals surface area contributed by atoms with Crippen molar-refractivity contribution >= 4 is 22.5 Å². The zero-order chi connectivity index (χ0) is 17.2. The number of hydrogen-bond donors (Lipinski definition) is 1. The summed E-state index contributed by atoms with van der Waals surface area (Å²) in [6.07, 6.45) is 11.0. The highest BCUT2D eigenvalue weighted by molar-refractivity contribution is 6.05. The van der Waals surface area contributed by atoms with Gasteiger partial charge in [-0.25, -0.2) is 9.97 Å². The zero-order valence-electron chi connectivity index (χ0n) is 13.6. The van der Waals surface area contributed by atoms with Crippen molar-refractivity contribution in [3.8, 4) is 6.07 Å². The van der Waals surface area contributed by atoms with Crippen molar-refractivity contribution in [3.05, 3.63) is 54.2 Å². The largest absolute Gasteiger partial charge is 0.343 e. The van der Waals surface area contributed by atoms with E-state index in [2.05, 4.69) is 25.9 Å². The van der Waals surface area contributed by atoms with Crippen LogP contribution in [0.15, 0.2) is 43.1 Å². The van der Waals surface area contributed by atoms with E-state index in [1.165, 1.54) is 31.6 Å². The number of nitriles is 1. The van der Waals surface area contributed by atoms with E-state index in [4.69, 9.17) is 0 Å². The Morgan fingerprint density at radius 1 is 1.24 bits per heavy atom. The molecule has 1 N–H and O–H groups in total. The minimum atomic E-state index is -0.270. The summed E-state index contributed by atoms with van der Waals surface area (Å²) in [5.41, 5.74) is 2.74. The molecule has 1 aliphatic carbocycles. The van der Waals surface area contributed by atoms with E-state index in [0.717, 1.165) is 23.7 Å². The van der Waals surface area contributed by atoms with Crippen LogP contribution in [0.2, 0.25) is 0 Å². The molecule has 0 bridgehead atoms. The smallest absolute Gasteiger partial charge is 0.258 e. The number of hydrogen-bond acceptors (Lipinski definition) is 4. The minimum Gasteiger partial charge on any atom is -0.343 e. The Morgan fingerprint density at radius 2 is 2.00 bits per heavy atom. The molecule has 0 unspecified atom stereocenters. The lowest BCUT2D eigenvalue weighted by atomic mass is 10.1. The fourth-order valence-electron chi connectivity index (χ4n) is 3.53. The standard InChI is InChI=1S/C19H17N5O/c20-8-13-11-24(16-3-1-2-4-16)18-6-5-15(7-17(13)18)23-19(25)14-9-21-12-22-10-14/h5-7,9-12,16H,1-4H2,(H,23,25). The first-order chi connectivity index (χ1) is 12.3. The van der Waals surface area contributed by atoms with Crippen molar-refractivity contribution in [3.63, 3.8) is 0 Å². The zero-order valence-corrected chi connectivity index (χ0v) is 13.6. The van der Waals surface area contributed by atoms with E-state index < -0.39 is 0 Å². The lowest BCUT2D eigenvalue weighted by Crippen LogP contribution is -2.12. The number of anilines is 1. The number of carbonyl (C=O) groups excluding carboxylic acids is 1. The molecule has 1 aromatic carbocycles. The monoisotopic (exact) mass is 331 g/mol. The van der Waals surface area contributed by atoms with Gasteiger partial charge in [0, 0.05) is 41.2 Å². The molecule has 124 valence electrons. The molecule has 1 aliphatic rings. The molecule has 6 heteroatoms. The molecule has 0 spiro atoms. The van der Waals surface area contributed by atoms with Gasteiger partial charge in [0.15, 0.2) is 0 Å². The number of aromatic nitrogens is 3. The number of nitrogens with zero attached hydrogens (tertiary/aromatic N) is 4. The van der Waals surface area contributed by atoms with Gasteiger partial charge in [0.2, 0.25) is 0 Å². The van der Waals surface area contributed by atoms with E-state index in [1.54, 1.807) is 0 Å². The first-order valence-corrected chi connectivity index (χ1v) is 8.37. The van der Waals surface area contributed by atoms with Gasteiger partial charge >= 0.3 is 0 Å². The van der Waals surface area contributed by atoms with Crippen molar-refractivity contribution in [2.24, 2.45) is 0 Å². The van der Waals surface area contributed by atoms with Gasteiger partial charge in [-0.1, -0.05) is 12.8 Å². The average molecular weight is 331 g/mol. The summed E-state index contributed by atoms with van der Waals surface area (Å²) < 4.78 is 2.22. The summed E-state index contributed by atoms with van der Waals surface area (Å²) in [4.78, 5) is 20.0. The van der Waals surface area contributed by atoms with Crippen LogP contribution in [0.4, 0.5) is 5.69 Å². The van der Waals surface area contributed by atoms with Crippen LogP contribution in [0.1, 0.15) is 47.6 Å². The van der Waals surface area contributed by atoms with Crippen LogP contribution in [-0.2, 0) is 0 Å². The van der Waals surface area contributed by atoms with Gasteiger partial charge in [0.1, 0.15) is 12.4 Å². The molecule has 4 rings (SSSR count). The second-order valence-electron chi connectivity index (χ2n) is 6.31. The fourth-order valence-corrected chi connectivity index (χ4v) is 3.53. The highest BCUT2D eigenvalue weighted by Gasteiger charge is 2.20. The van der Waals surface area contributed by atoms with E-state index in [1.807, 2.05) is 24.4 Å². The van der Waals surface area contributed by atoms with Crippen LogP contribution in [0.5, 0.6) is 0 Å². The number of carbonyl (C=O) groups is 1. The average Bonchev–Trinajstić information content (AvgIpc) is 3.29. The molecule has 1 saturated carbocycles. The van der Waals surface area contributed by atoms with Crippen molar-refractivity contribution in [2.75, 3.05) is 5.32 Å². The third kappa shape index (κ3) is 2.85. The van der Waals surface area contributed by atoms with Crippen LogP contribution in [0, 0.1) is 11.3 Å².